The van der Waals surface area contributed by atoms with Crippen LogP contribution in [0.4, 0.5) is 0 Å². The summed E-state index contributed by atoms with van der Waals surface area (Å²) in [6, 6.07) is 0. The van der Waals surface area contributed by atoms with Gasteiger partial charge in [-0.05, 0) is 12.3 Å². The average Bonchev–Trinajstić information content (AvgIpc) is 2.47. The van der Waals surface area contributed by atoms with E-state index in [1.807, 2.05) is 0 Å². The Labute approximate surface area is 77.8 Å². The van der Waals surface area contributed by atoms with Gasteiger partial charge in [-0.3, -0.25) is 0 Å². The molecule has 1 rings (SSSR count). The minimum Gasteiger partial charge on any atom is -0.325 e. The molecule has 0 spiro atoms. The predicted molar refractivity (Wildman–Crippen MR) is 53.5 cm³/mol. The molecule has 0 saturated carbocycles. The van der Waals surface area contributed by atoms with Gasteiger partial charge >= 0.3 is 0 Å². The molecule has 0 aromatic carbocycles. The van der Waals surface area contributed by atoms with Crippen LogP contribution in [0.2, 0.25) is 0 Å². The summed E-state index contributed by atoms with van der Waals surface area (Å²) in [5, 5.41) is 1.07. The zero-order chi connectivity index (χ0) is 9.14. The Balaban J connectivity index is 3.00. The fourth-order valence-corrected chi connectivity index (χ4v) is 2.25. The van der Waals surface area contributed by atoms with Gasteiger partial charge in [0.1, 0.15) is 5.01 Å². The molecule has 2 N–H and O–H groups in total. The normalized spacial score (nSPS) is 11.1. The maximum atomic E-state index is 5.53. The maximum absolute atomic E-state index is 5.53. The quantitative estimate of drug-likeness (QED) is 0.782. The van der Waals surface area contributed by atoms with E-state index < -0.39 is 0 Å². The van der Waals surface area contributed by atoms with Crippen LogP contribution in [0, 0.1) is 0 Å². The minimum absolute atomic E-state index is 0.525. The van der Waals surface area contributed by atoms with Crippen molar-refractivity contribution in [3.8, 4) is 0 Å². The van der Waals surface area contributed by atoms with Gasteiger partial charge in [0.2, 0.25) is 0 Å². The van der Waals surface area contributed by atoms with E-state index in [2.05, 4.69) is 25.8 Å². The number of hydrogen-bond donors (Lipinski definition) is 1. The number of aromatic nitrogens is 1. The molecule has 0 unspecified atom stereocenters. The standard InChI is InChI=1S/C9H16N2S/c1-4-7-9(6(2)3)11-8(5-10)12-7/h6H,4-5,10H2,1-3H3. The van der Waals surface area contributed by atoms with Gasteiger partial charge in [0.25, 0.3) is 0 Å². The average molecular weight is 184 g/mol. The number of rotatable bonds is 3. The molecule has 0 fully saturated rings. The fourth-order valence-electron chi connectivity index (χ4n) is 1.21. The second kappa shape index (κ2) is 4.01. The molecule has 0 saturated heterocycles. The SMILES string of the molecule is CCc1sc(CN)nc1C(C)C. The lowest BCUT2D eigenvalue weighted by Gasteiger charge is -2.01. The Morgan fingerprint density at radius 1 is 1.50 bits per heavy atom. The van der Waals surface area contributed by atoms with Gasteiger partial charge in [-0.1, -0.05) is 20.8 Å². The van der Waals surface area contributed by atoms with Crippen molar-refractivity contribution in [3.05, 3.63) is 15.6 Å². The summed E-state index contributed by atoms with van der Waals surface area (Å²) in [4.78, 5) is 5.89. The Hall–Kier alpha value is -0.410. The molecular formula is C9H16N2S. The molecular weight excluding hydrogens is 168 g/mol. The van der Waals surface area contributed by atoms with E-state index in [1.165, 1.54) is 10.6 Å². The summed E-state index contributed by atoms with van der Waals surface area (Å²) in [6.07, 6.45) is 1.07. The molecule has 0 aliphatic rings. The molecule has 0 aliphatic heterocycles. The van der Waals surface area contributed by atoms with E-state index in [9.17, 15) is 0 Å². The van der Waals surface area contributed by atoms with Crippen molar-refractivity contribution in [2.75, 3.05) is 0 Å². The summed E-state index contributed by atoms with van der Waals surface area (Å²) in [5.74, 6) is 0.525. The summed E-state index contributed by atoms with van der Waals surface area (Å²) in [5.41, 5.74) is 6.77. The zero-order valence-corrected chi connectivity index (χ0v) is 8.74. The maximum Gasteiger partial charge on any atom is 0.107 e. The van der Waals surface area contributed by atoms with E-state index in [4.69, 9.17) is 5.73 Å². The highest BCUT2D eigenvalue weighted by atomic mass is 32.1. The van der Waals surface area contributed by atoms with Crippen LogP contribution in [0.5, 0.6) is 0 Å². The third-order valence-corrected chi connectivity index (χ3v) is 3.05. The van der Waals surface area contributed by atoms with Crippen molar-refractivity contribution in [2.24, 2.45) is 5.73 Å². The summed E-state index contributed by atoms with van der Waals surface area (Å²) in [6.45, 7) is 7.09. The molecule has 68 valence electrons. The molecule has 1 aromatic rings. The Kier molecular flexibility index (Phi) is 3.23. The van der Waals surface area contributed by atoms with Gasteiger partial charge < -0.3 is 5.73 Å². The Bertz CT molecular complexity index is 253. The molecule has 2 nitrogen and oxygen atoms in total. The second-order valence-corrected chi connectivity index (χ2v) is 4.30. The Morgan fingerprint density at radius 3 is 2.50 bits per heavy atom. The highest BCUT2D eigenvalue weighted by molar-refractivity contribution is 7.11. The topological polar surface area (TPSA) is 38.9 Å². The fraction of sp³-hybridized carbons (Fsp3) is 0.667. The van der Waals surface area contributed by atoms with Crippen molar-refractivity contribution in [2.45, 2.75) is 39.7 Å². The second-order valence-electron chi connectivity index (χ2n) is 3.13. The van der Waals surface area contributed by atoms with E-state index >= 15 is 0 Å². The van der Waals surface area contributed by atoms with Crippen molar-refractivity contribution in [1.29, 1.82) is 0 Å². The van der Waals surface area contributed by atoms with Crippen LogP contribution in [0.15, 0.2) is 0 Å². The summed E-state index contributed by atoms with van der Waals surface area (Å²) < 4.78 is 0. The van der Waals surface area contributed by atoms with Crippen molar-refractivity contribution in [3.63, 3.8) is 0 Å². The summed E-state index contributed by atoms with van der Waals surface area (Å²) >= 11 is 1.75. The molecule has 0 bridgehead atoms. The van der Waals surface area contributed by atoms with Crippen LogP contribution in [0.1, 0.15) is 42.3 Å². The number of thiazole rings is 1. The van der Waals surface area contributed by atoms with Crippen LogP contribution >= 0.6 is 11.3 Å². The third-order valence-electron chi connectivity index (χ3n) is 1.81. The smallest absolute Gasteiger partial charge is 0.107 e. The van der Waals surface area contributed by atoms with Gasteiger partial charge in [0.05, 0.1) is 5.69 Å². The van der Waals surface area contributed by atoms with Gasteiger partial charge in [-0.15, -0.1) is 11.3 Å². The highest BCUT2D eigenvalue weighted by Crippen LogP contribution is 2.25. The summed E-state index contributed by atoms with van der Waals surface area (Å²) in [7, 11) is 0. The first-order valence-corrected chi connectivity index (χ1v) is 5.19. The number of nitrogens with two attached hydrogens (primary N) is 1. The predicted octanol–water partition coefficient (Wildman–Crippen LogP) is 2.29. The van der Waals surface area contributed by atoms with Gasteiger partial charge in [-0.2, -0.15) is 0 Å². The Morgan fingerprint density at radius 2 is 2.17 bits per heavy atom. The number of nitrogens with zero attached hydrogens (tertiary/aromatic N) is 1. The lowest BCUT2D eigenvalue weighted by molar-refractivity contribution is 0.806. The number of aryl methyl sites for hydroxylation is 1. The van der Waals surface area contributed by atoms with Crippen LogP contribution in [0.3, 0.4) is 0 Å². The zero-order valence-electron chi connectivity index (χ0n) is 7.92. The molecule has 0 aliphatic carbocycles. The molecule has 12 heavy (non-hydrogen) atoms. The van der Waals surface area contributed by atoms with Crippen molar-refractivity contribution < 1.29 is 0 Å². The van der Waals surface area contributed by atoms with E-state index in [-0.39, 0.29) is 0 Å². The lowest BCUT2D eigenvalue weighted by atomic mass is 10.1. The van der Waals surface area contributed by atoms with Crippen molar-refractivity contribution in [1.82, 2.24) is 4.98 Å². The van der Waals surface area contributed by atoms with Crippen molar-refractivity contribution >= 4 is 11.3 Å². The highest BCUT2D eigenvalue weighted by Gasteiger charge is 2.11. The van der Waals surface area contributed by atoms with Crippen LogP contribution in [0.25, 0.3) is 0 Å². The van der Waals surface area contributed by atoms with Gasteiger partial charge in [0, 0.05) is 11.4 Å². The van der Waals surface area contributed by atoms with E-state index in [0.29, 0.717) is 12.5 Å². The van der Waals surface area contributed by atoms with Gasteiger partial charge in [-0.25, -0.2) is 4.98 Å². The first-order chi connectivity index (χ1) is 5.69. The van der Waals surface area contributed by atoms with E-state index in [1.54, 1.807) is 11.3 Å². The third kappa shape index (κ3) is 1.84. The molecule has 3 heteroatoms. The van der Waals surface area contributed by atoms with E-state index in [0.717, 1.165) is 11.4 Å². The monoisotopic (exact) mass is 184 g/mol. The largest absolute Gasteiger partial charge is 0.325 e. The van der Waals surface area contributed by atoms with Crippen LogP contribution < -0.4 is 5.73 Å². The van der Waals surface area contributed by atoms with Gasteiger partial charge in [0.15, 0.2) is 0 Å². The molecule has 0 radical (unpaired) electrons. The molecule has 0 atom stereocenters. The van der Waals surface area contributed by atoms with Crippen LogP contribution in [-0.2, 0) is 13.0 Å². The molecule has 1 heterocycles. The first-order valence-electron chi connectivity index (χ1n) is 4.37. The molecule has 1 aromatic heterocycles. The first kappa shape index (κ1) is 9.68. The lowest BCUT2D eigenvalue weighted by Crippen LogP contribution is -1.96. The van der Waals surface area contributed by atoms with Crippen LogP contribution in [-0.4, -0.2) is 4.98 Å². The molecule has 0 amide bonds. The number of hydrogen-bond acceptors (Lipinski definition) is 3. The minimum atomic E-state index is 0.525.